The van der Waals surface area contributed by atoms with Gasteiger partial charge in [-0.2, -0.15) is 0 Å². The molecule has 0 bridgehead atoms. The summed E-state index contributed by atoms with van der Waals surface area (Å²) in [4.78, 5) is 11.3. The standard InChI is InChI=1S/C16H17NO2/c1-12-7-9-13(10-8-12)11-17-15(16(18)19)14-5-3-2-4-6-14/h2-10,15,17H,11H2,1H3,(H,18,19). The lowest BCUT2D eigenvalue weighted by atomic mass is 10.1. The van der Waals surface area contributed by atoms with Crippen LogP contribution in [-0.4, -0.2) is 11.1 Å². The fourth-order valence-electron chi connectivity index (χ4n) is 1.92. The molecule has 3 heteroatoms. The van der Waals surface area contributed by atoms with Crippen molar-refractivity contribution in [2.45, 2.75) is 19.5 Å². The van der Waals surface area contributed by atoms with Crippen LogP contribution in [0.15, 0.2) is 54.6 Å². The Kier molecular flexibility index (Phi) is 4.31. The first-order valence-corrected chi connectivity index (χ1v) is 6.23. The Morgan fingerprint density at radius 1 is 1.11 bits per heavy atom. The van der Waals surface area contributed by atoms with Crippen LogP contribution in [-0.2, 0) is 11.3 Å². The van der Waals surface area contributed by atoms with Crippen molar-refractivity contribution in [1.29, 1.82) is 0 Å². The molecule has 1 atom stereocenters. The van der Waals surface area contributed by atoms with Crippen LogP contribution in [0.5, 0.6) is 0 Å². The third kappa shape index (κ3) is 3.66. The van der Waals surface area contributed by atoms with Crippen LogP contribution in [0, 0.1) is 6.92 Å². The van der Waals surface area contributed by atoms with Gasteiger partial charge >= 0.3 is 5.97 Å². The Balaban J connectivity index is 2.06. The van der Waals surface area contributed by atoms with Gasteiger partial charge in [-0.05, 0) is 18.1 Å². The molecule has 0 spiro atoms. The number of aliphatic carboxylic acids is 1. The number of carbonyl (C=O) groups is 1. The maximum Gasteiger partial charge on any atom is 0.325 e. The quantitative estimate of drug-likeness (QED) is 0.863. The summed E-state index contributed by atoms with van der Waals surface area (Å²) in [7, 11) is 0. The van der Waals surface area contributed by atoms with Gasteiger partial charge < -0.3 is 5.11 Å². The summed E-state index contributed by atoms with van der Waals surface area (Å²) in [5.74, 6) is -0.863. The summed E-state index contributed by atoms with van der Waals surface area (Å²) in [6, 6.07) is 16.6. The molecule has 2 aromatic carbocycles. The first-order chi connectivity index (χ1) is 9.16. The number of hydrogen-bond donors (Lipinski definition) is 2. The van der Waals surface area contributed by atoms with Gasteiger partial charge in [0.25, 0.3) is 0 Å². The molecule has 98 valence electrons. The monoisotopic (exact) mass is 255 g/mol. The number of aryl methyl sites for hydroxylation is 1. The van der Waals surface area contributed by atoms with E-state index in [9.17, 15) is 9.90 Å². The largest absolute Gasteiger partial charge is 0.480 e. The molecule has 0 heterocycles. The second-order valence-corrected chi connectivity index (χ2v) is 4.55. The fraction of sp³-hybridized carbons (Fsp3) is 0.188. The fourth-order valence-corrected chi connectivity index (χ4v) is 1.92. The van der Waals surface area contributed by atoms with E-state index >= 15 is 0 Å². The van der Waals surface area contributed by atoms with E-state index in [0.29, 0.717) is 6.54 Å². The van der Waals surface area contributed by atoms with Crippen LogP contribution in [0.25, 0.3) is 0 Å². The minimum absolute atomic E-state index is 0.534. The van der Waals surface area contributed by atoms with Crippen molar-refractivity contribution in [3.8, 4) is 0 Å². The van der Waals surface area contributed by atoms with Crippen molar-refractivity contribution < 1.29 is 9.90 Å². The zero-order chi connectivity index (χ0) is 13.7. The molecule has 0 saturated carbocycles. The molecule has 0 aliphatic heterocycles. The first-order valence-electron chi connectivity index (χ1n) is 6.23. The van der Waals surface area contributed by atoms with Crippen molar-refractivity contribution in [2.24, 2.45) is 0 Å². The zero-order valence-electron chi connectivity index (χ0n) is 10.8. The Morgan fingerprint density at radius 3 is 2.32 bits per heavy atom. The maximum atomic E-state index is 11.3. The predicted molar refractivity (Wildman–Crippen MR) is 74.8 cm³/mol. The number of carboxylic acid groups (broad SMARTS) is 1. The topological polar surface area (TPSA) is 49.3 Å². The molecule has 0 fully saturated rings. The highest BCUT2D eigenvalue weighted by Gasteiger charge is 2.18. The number of hydrogen-bond acceptors (Lipinski definition) is 2. The smallest absolute Gasteiger partial charge is 0.325 e. The lowest BCUT2D eigenvalue weighted by molar-refractivity contribution is -0.139. The Morgan fingerprint density at radius 2 is 1.74 bits per heavy atom. The molecule has 1 unspecified atom stereocenters. The molecule has 2 aromatic rings. The van der Waals surface area contributed by atoms with Gasteiger partial charge in [-0.1, -0.05) is 60.2 Å². The minimum Gasteiger partial charge on any atom is -0.480 e. The molecule has 0 aliphatic rings. The summed E-state index contributed by atoms with van der Waals surface area (Å²) in [6.07, 6.45) is 0. The average molecular weight is 255 g/mol. The van der Waals surface area contributed by atoms with Gasteiger partial charge in [0, 0.05) is 6.54 Å². The van der Waals surface area contributed by atoms with E-state index in [1.807, 2.05) is 61.5 Å². The average Bonchev–Trinajstić information content (AvgIpc) is 2.42. The van der Waals surface area contributed by atoms with Crippen molar-refractivity contribution in [1.82, 2.24) is 5.32 Å². The predicted octanol–water partition coefficient (Wildman–Crippen LogP) is 2.91. The molecule has 0 aromatic heterocycles. The van der Waals surface area contributed by atoms with Crippen molar-refractivity contribution in [2.75, 3.05) is 0 Å². The Bertz CT molecular complexity index is 534. The highest BCUT2D eigenvalue weighted by atomic mass is 16.4. The van der Waals surface area contributed by atoms with Crippen LogP contribution >= 0.6 is 0 Å². The SMILES string of the molecule is Cc1ccc(CNC(C(=O)O)c2ccccc2)cc1. The number of rotatable bonds is 5. The first kappa shape index (κ1) is 13.3. The molecular weight excluding hydrogens is 238 g/mol. The van der Waals surface area contributed by atoms with Crippen LogP contribution in [0.2, 0.25) is 0 Å². The zero-order valence-corrected chi connectivity index (χ0v) is 10.8. The molecule has 0 radical (unpaired) electrons. The van der Waals surface area contributed by atoms with E-state index in [-0.39, 0.29) is 0 Å². The summed E-state index contributed by atoms with van der Waals surface area (Å²) in [5.41, 5.74) is 3.04. The van der Waals surface area contributed by atoms with Crippen molar-refractivity contribution in [3.63, 3.8) is 0 Å². The van der Waals surface area contributed by atoms with Crippen LogP contribution in [0.1, 0.15) is 22.7 Å². The molecular formula is C16H17NO2. The Labute approximate surface area is 112 Å². The van der Waals surface area contributed by atoms with Gasteiger partial charge in [0.2, 0.25) is 0 Å². The summed E-state index contributed by atoms with van der Waals surface area (Å²) >= 11 is 0. The molecule has 2 N–H and O–H groups in total. The molecule has 19 heavy (non-hydrogen) atoms. The molecule has 0 amide bonds. The normalized spacial score (nSPS) is 12.1. The third-order valence-electron chi connectivity index (χ3n) is 3.01. The van der Waals surface area contributed by atoms with Gasteiger partial charge in [0.1, 0.15) is 6.04 Å². The van der Waals surface area contributed by atoms with Gasteiger partial charge in [0.05, 0.1) is 0 Å². The Hall–Kier alpha value is -2.13. The van der Waals surface area contributed by atoms with Crippen LogP contribution in [0.3, 0.4) is 0 Å². The molecule has 2 rings (SSSR count). The number of benzene rings is 2. The van der Waals surface area contributed by atoms with E-state index in [0.717, 1.165) is 11.1 Å². The van der Waals surface area contributed by atoms with Crippen molar-refractivity contribution in [3.05, 3.63) is 71.3 Å². The third-order valence-corrected chi connectivity index (χ3v) is 3.01. The lowest BCUT2D eigenvalue weighted by Crippen LogP contribution is -2.28. The summed E-state index contributed by atoms with van der Waals surface area (Å²) in [5, 5.41) is 12.4. The van der Waals surface area contributed by atoms with Gasteiger partial charge in [0.15, 0.2) is 0 Å². The van der Waals surface area contributed by atoms with Gasteiger partial charge in [-0.3, -0.25) is 10.1 Å². The lowest BCUT2D eigenvalue weighted by Gasteiger charge is -2.15. The van der Waals surface area contributed by atoms with Gasteiger partial charge in [-0.25, -0.2) is 0 Å². The molecule has 0 saturated heterocycles. The summed E-state index contributed by atoms with van der Waals surface area (Å²) < 4.78 is 0. The molecule has 0 aliphatic carbocycles. The van der Waals surface area contributed by atoms with E-state index in [4.69, 9.17) is 0 Å². The van der Waals surface area contributed by atoms with E-state index in [2.05, 4.69) is 5.32 Å². The van der Waals surface area contributed by atoms with Crippen molar-refractivity contribution >= 4 is 5.97 Å². The highest BCUT2D eigenvalue weighted by molar-refractivity contribution is 5.75. The van der Waals surface area contributed by atoms with Crippen LogP contribution in [0.4, 0.5) is 0 Å². The second-order valence-electron chi connectivity index (χ2n) is 4.55. The molecule has 3 nitrogen and oxygen atoms in total. The number of nitrogens with one attached hydrogen (secondary N) is 1. The van der Waals surface area contributed by atoms with E-state index in [1.54, 1.807) is 0 Å². The van der Waals surface area contributed by atoms with Crippen LogP contribution < -0.4 is 5.32 Å². The van der Waals surface area contributed by atoms with Gasteiger partial charge in [-0.15, -0.1) is 0 Å². The maximum absolute atomic E-state index is 11.3. The summed E-state index contributed by atoms with van der Waals surface area (Å²) in [6.45, 7) is 2.56. The van der Waals surface area contributed by atoms with E-state index < -0.39 is 12.0 Å². The van der Waals surface area contributed by atoms with E-state index in [1.165, 1.54) is 5.56 Å². The number of carboxylic acids is 1. The minimum atomic E-state index is -0.863. The second kappa shape index (κ2) is 6.16. The highest BCUT2D eigenvalue weighted by Crippen LogP contribution is 2.14.